The van der Waals surface area contributed by atoms with Crippen LogP contribution in [0.5, 0.6) is 0 Å². The van der Waals surface area contributed by atoms with Gasteiger partial charge in [-0.25, -0.2) is 0 Å². The lowest BCUT2D eigenvalue weighted by Crippen LogP contribution is -2.11. The minimum Gasteiger partial charge on any atom is -0.375 e. The summed E-state index contributed by atoms with van der Waals surface area (Å²) in [5.41, 5.74) is 1.93. The van der Waals surface area contributed by atoms with Crippen LogP contribution in [0.15, 0.2) is 41.7 Å². The van der Waals surface area contributed by atoms with Crippen LogP contribution in [-0.4, -0.2) is 24.6 Å². The van der Waals surface area contributed by atoms with Crippen molar-refractivity contribution in [1.82, 2.24) is 4.90 Å². The van der Waals surface area contributed by atoms with E-state index in [4.69, 9.17) is 0 Å². The summed E-state index contributed by atoms with van der Waals surface area (Å²) in [5, 5.41) is 2.76. The zero-order chi connectivity index (χ0) is 15.4. The van der Waals surface area contributed by atoms with Gasteiger partial charge < -0.3 is 10.2 Å². The van der Waals surface area contributed by atoms with Crippen molar-refractivity contribution >= 4 is 18.3 Å². The maximum Gasteiger partial charge on any atom is 0.221 e. The Morgan fingerprint density at radius 3 is 2.65 bits per heavy atom. The Kier molecular flexibility index (Phi) is 9.66. The summed E-state index contributed by atoms with van der Waals surface area (Å²) < 4.78 is 0. The molecular weight excluding hydrogens is 250 g/mol. The minimum atomic E-state index is -0.0637. The predicted octanol–water partition coefficient (Wildman–Crippen LogP) is 3.66. The molecule has 0 aliphatic rings. The first-order valence-corrected chi connectivity index (χ1v) is 6.72. The van der Waals surface area contributed by atoms with Gasteiger partial charge in [0.2, 0.25) is 5.91 Å². The lowest BCUT2D eigenvalue weighted by atomic mass is 10.2. The van der Waals surface area contributed by atoms with Gasteiger partial charge in [-0.05, 0) is 24.4 Å². The topological polar surface area (TPSA) is 44.7 Å². The van der Waals surface area contributed by atoms with Gasteiger partial charge in [0.15, 0.2) is 0 Å². The summed E-state index contributed by atoms with van der Waals surface area (Å²) in [6, 6.07) is 7.75. The number of hydrogen-bond acceptors (Lipinski definition) is 3. The number of benzene rings is 1. The number of nitrogens with one attached hydrogen (secondary N) is 1. The van der Waals surface area contributed by atoms with Gasteiger partial charge >= 0.3 is 0 Å². The third kappa shape index (κ3) is 8.91. The van der Waals surface area contributed by atoms with Crippen molar-refractivity contribution in [1.29, 1.82) is 0 Å². The van der Waals surface area contributed by atoms with Crippen LogP contribution in [0.2, 0.25) is 0 Å². The number of aliphatic imine (C=N–C) groups is 1. The monoisotopic (exact) mass is 275 g/mol. The predicted molar refractivity (Wildman–Crippen MR) is 86.9 cm³/mol. The number of carbonyl (C=O) groups is 1. The molecule has 110 valence electrons. The maximum atomic E-state index is 10.9. The van der Waals surface area contributed by atoms with E-state index >= 15 is 0 Å². The van der Waals surface area contributed by atoms with Gasteiger partial charge in [0.05, 0.1) is 0 Å². The van der Waals surface area contributed by atoms with Crippen molar-refractivity contribution in [3.8, 4) is 0 Å². The molecule has 0 saturated carbocycles. The molecule has 1 aromatic rings. The van der Waals surface area contributed by atoms with Crippen molar-refractivity contribution in [2.75, 3.05) is 12.4 Å². The standard InChI is InChI=1S/C13H17N3O.C3H8/c1-11(17)15-13-6-4-5-12(9-13)10-16(3)8-7-14-2;1-3-2/h4-9H,2,10H2,1,3H3,(H,15,17);3H2,1-2H3/b8-7-;. The van der Waals surface area contributed by atoms with Crippen LogP contribution in [0.25, 0.3) is 0 Å². The molecule has 0 saturated heterocycles. The number of carbonyl (C=O) groups excluding carboxylic acids is 1. The fraction of sp³-hybridized carbons (Fsp3) is 0.375. The third-order valence-corrected chi connectivity index (χ3v) is 2.11. The minimum absolute atomic E-state index is 0.0637. The van der Waals surface area contributed by atoms with Crippen molar-refractivity contribution in [3.05, 3.63) is 42.2 Å². The van der Waals surface area contributed by atoms with E-state index in [1.54, 1.807) is 6.20 Å². The average Bonchev–Trinajstić information content (AvgIpc) is 2.37. The van der Waals surface area contributed by atoms with E-state index in [9.17, 15) is 4.79 Å². The second kappa shape index (κ2) is 10.8. The Balaban J connectivity index is 0.00000110. The summed E-state index contributed by atoms with van der Waals surface area (Å²) in [5.74, 6) is -0.0637. The van der Waals surface area contributed by atoms with Gasteiger partial charge in [-0.3, -0.25) is 9.79 Å². The SMILES string of the molecule is C=N/C=C\N(C)Cc1cccc(NC(C)=O)c1.CCC. The molecule has 0 fully saturated rings. The molecule has 1 amide bonds. The Bertz CT molecular complexity index is 441. The summed E-state index contributed by atoms with van der Waals surface area (Å²) in [6.07, 6.45) is 4.73. The second-order valence-corrected chi connectivity index (χ2v) is 4.48. The van der Waals surface area contributed by atoms with Crippen LogP contribution in [0, 0.1) is 0 Å². The highest BCUT2D eigenvalue weighted by Gasteiger charge is 1.99. The van der Waals surface area contributed by atoms with Gasteiger partial charge in [-0.1, -0.05) is 32.4 Å². The Hall–Kier alpha value is -2.10. The summed E-state index contributed by atoms with van der Waals surface area (Å²) in [7, 11) is 1.95. The zero-order valence-electron chi connectivity index (χ0n) is 12.9. The van der Waals surface area contributed by atoms with Crippen LogP contribution in [0.4, 0.5) is 5.69 Å². The highest BCUT2D eigenvalue weighted by Crippen LogP contribution is 2.12. The average molecular weight is 275 g/mol. The summed E-state index contributed by atoms with van der Waals surface area (Å²) >= 11 is 0. The first kappa shape index (κ1) is 17.9. The summed E-state index contributed by atoms with van der Waals surface area (Å²) in [6.45, 7) is 9.87. The number of amides is 1. The van der Waals surface area contributed by atoms with Gasteiger partial charge in [0.25, 0.3) is 0 Å². The molecule has 4 heteroatoms. The quantitative estimate of drug-likeness (QED) is 0.833. The Labute approximate surface area is 122 Å². The van der Waals surface area contributed by atoms with Crippen molar-refractivity contribution in [2.24, 2.45) is 4.99 Å². The molecule has 0 spiro atoms. The van der Waals surface area contributed by atoms with Gasteiger partial charge in [0, 0.05) is 38.6 Å². The molecule has 0 radical (unpaired) electrons. The molecule has 0 aromatic heterocycles. The van der Waals surface area contributed by atoms with Gasteiger partial charge in [-0.2, -0.15) is 0 Å². The molecule has 1 rings (SSSR count). The number of anilines is 1. The number of hydrogen-bond donors (Lipinski definition) is 1. The fourth-order valence-corrected chi connectivity index (χ4v) is 1.45. The number of rotatable bonds is 5. The molecular formula is C16H25N3O. The van der Waals surface area contributed by atoms with Gasteiger partial charge in [-0.15, -0.1) is 0 Å². The molecule has 0 bridgehead atoms. The first-order valence-electron chi connectivity index (χ1n) is 6.72. The van der Waals surface area contributed by atoms with Gasteiger partial charge in [0.1, 0.15) is 0 Å². The van der Waals surface area contributed by atoms with Crippen LogP contribution >= 0.6 is 0 Å². The van der Waals surface area contributed by atoms with E-state index < -0.39 is 0 Å². The first-order chi connectivity index (χ1) is 9.53. The highest BCUT2D eigenvalue weighted by atomic mass is 16.1. The van der Waals surface area contributed by atoms with Crippen LogP contribution in [-0.2, 0) is 11.3 Å². The maximum absolute atomic E-state index is 10.9. The molecule has 1 N–H and O–H groups in total. The molecule has 1 aromatic carbocycles. The lowest BCUT2D eigenvalue weighted by Gasteiger charge is -2.14. The molecule has 0 aliphatic heterocycles. The largest absolute Gasteiger partial charge is 0.375 e. The second-order valence-electron chi connectivity index (χ2n) is 4.48. The van der Waals surface area contributed by atoms with Crippen LogP contribution < -0.4 is 5.32 Å². The van der Waals surface area contributed by atoms with Crippen LogP contribution in [0.3, 0.4) is 0 Å². The summed E-state index contributed by atoms with van der Waals surface area (Å²) in [4.78, 5) is 16.6. The molecule has 0 heterocycles. The smallest absolute Gasteiger partial charge is 0.221 e. The van der Waals surface area contributed by atoms with E-state index in [2.05, 4.69) is 30.9 Å². The Morgan fingerprint density at radius 1 is 1.45 bits per heavy atom. The molecule has 0 unspecified atom stereocenters. The van der Waals surface area contributed by atoms with E-state index in [0.29, 0.717) is 0 Å². The third-order valence-electron chi connectivity index (χ3n) is 2.11. The Morgan fingerprint density at radius 2 is 2.10 bits per heavy atom. The molecule has 4 nitrogen and oxygen atoms in total. The molecule has 20 heavy (non-hydrogen) atoms. The van der Waals surface area contributed by atoms with Crippen molar-refractivity contribution in [3.63, 3.8) is 0 Å². The van der Waals surface area contributed by atoms with E-state index in [-0.39, 0.29) is 5.91 Å². The van der Waals surface area contributed by atoms with E-state index in [1.807, 2.05) is 42.4 Å². The van der Waals surface area contributed by atoms with Crippen molar-refractivity contribution < 1.29 is 4.79 Å². The van der Waals surface area contributed by atoms with E-state index in [0.717, 1.165) is 17.8 Å². The molecule has 0 aliphatic carbocycles. The lowest BCUT2D eigenvalue weighted by molar-refractivity contribution is -0.114. The van der Waals surface area contributed by atoms with E-state index in [1.165, 1.54) is 13.3 Å². The van der Waals surface area contributed by atoms with Crippen LogP contribution in [0.1, 0.15) is 32.8 Å². The highest BCUT2D eigenvalue weighted by molar-refractivity contribution is 5.88. The fourth-order valence-electron chi connectivity index (χ4n) is 1.45. The number of nitrogens with zero attached hydrogens (tertiary/aromatic N) is 2. The van der Waals surface area contributed by atoms with Crippen molar-refractivity contribution in [2.45, 2.75) is 33.7 Å². The zero-order valence-corrected chi connectivity index (χ0v) is 12.9. The normalized spacial score (nSPS) is 9.60. The molecule has 0 atom stereocenters.